The average Bonchev–Trinajstić information content (AvgIpc) is 3.15. The number of allylic oxidation sites excluding steroid dienone is 1. The van der Waals surface area contributed by atoms with E-state index in [4.69, 9.17) is 19.2 Å². The van der Waals surface area contributed by atoms with Crippen LogP contribution in [-0.2, 0) is 9.53 Å². The number of imidazole rings is 1. The van der Waals surface area contributed by atoms with Crippen LogP contribution in [0.4, 0.5) is 5.95 Å². The van der Waals surface area contributed by atoms with Crippen molar-refractivity contribution in [2.75, 3.05) is 19.0 Å². The summed E-state index contributed by atoms with van der Waals surface area (Å²) >= 11 is 0. The molecule has 7 heteroatoms. The predicted octanol–water partition coefficient (Wildman–Crippen LogP) is 5.46. The number of fused-ring (bicyclic) bond motifs is 3. The number of nitrogens with one attached hydrogen (secondary N) is 1. The number of anilines is 1. The molecule has 1 aliphatic heterocycles. The first-order valence-electron chi connectivity index (χ1n) is 11.4. The van der Waals surface area contributed by atoms with Crippen molar-refractivity contribution in [3.05, 3.63) is 59.3 Å². The standard InChI is InChI=1S/C26H31N3O4/c1-6-7-14-32-21-13-12-18(15-22(21)31-5)24-23(25(30)33-16(2)3)17(4)27-26-28-19-10-8-9-11-20(19)29(24)26/h8-13,15-16,24H,6-7,14H2,1-5H3,(H,27,28)/t24-/m1/s1. The van der Waals surface area contributed by atoms with Gasteiger partial charge in [-0.3, -0.25) is 4.57 Å². The monoisotopic (exact) mass is 449 g/mol. The van der Waals surface area contributed by atoms with E-state index in [1.807, 2.05) is 67.8 Å². The molecule has 1 aromatic heterocycles. The highest BCUT2D eigenvalue weighted by molar-refractivity contribution is 5.94. The number of carbonyl (C=O) groups is 1. The van der Waals surface area contributed by atoms with Crippen LogP contribution < -0.4 is 14.8 Å². The Morgan fingerprint density at radius 3 is 2.70 bits per heavy atom. The molecule has 0 aliphatic carbocycles. The quantitative estimate of drug-likeness (QED) is 0.363. The van der Waals surface area contributed by atoms with Gasteiger partial charge in [0.05, 0.1) is 42.5 Å². The van der Waals surface area contributed by atoms with E-state index in [-0.39, 0.29) is 12.1 Å². The van der Waals surface area contributed by atoms with Crippen LogP contribution in [0.2, 0.25) is 0 Å². The number of unbranched alkanes of at least 4 members (excludes halogenated alkanes) is 1. The first-order chi connectivity index (χ1) is 15.9. The molecule has 0 spiro atoms. The Kier molecular flexibility index (Phi) is 6.58. The highest BCUT2D eigenvalue weighted by Gasteiger charge is 2.35. The second kappa shape index (κ2) is 9.57. The summed E-state index contributed by atoms with van der Waals surface area (Å²) in [5.74, 6) is 1.64. The second-order valence-electron chi connectivity index (χ2n) is 8.43. The van der Waals surface area contributed by atoms with E-state index in [1.54, 1.807) is 7.11 Å². The molecule has 7 nitrogen and oxygen atoms in total. The van der Waals surface area contributed by atoms with Gasteiger partial charge in [0.25, 0.3) is 0 Å². The maximum absolute atomic E-state index is 13.3. The predicted molar refractivity (Wildman–Crippen MR) is 129 cm³/mol. The molecule has 2 heterocycles. The van der Waals surface area contributed by atoms with Crippen LogP contribution in [0.25, 0.3) is 11.0 Å². The third-order valence-electron chi connectivity index (χ3n) is 5.65. The van der Waals surface area contributed by atoms with Gasteiger partial charge >= 0.3 is 5.97 Å². The Bertz CT molecular complexity index is 1200. The average molecular weight is 450 g/mol. The van der Waals surface area contributed by atoms with Crippen LogP contribution in [0, 0.1) is 0 Å². The highest BCUT2D eigenvalue weighted by Crippen LogP contribution is 2.42. The molecule has 1 aliphatic rings. The van der Waals surface area contributed by atoms with Crippen LogP contribution in [0.3, 0.4) is 0 Å². The van der Waals surface area contributed by atoms with Gasteiger partial charge in [-0.05, 0) is 57.0 Å². The van der Waals surface area contributed by atoms with Crippen molar-refractivity contribution in [1.82, 2.24) is 9.55 Å². The summed E-state index contributed by atoms with van der Waals surface area (Å²) in [5.41, 5.74) is 3.92. The summed E-state index contributed by atoms with van der Waals surface area (Å²) in [6.07, 6.45) is 1.79. The van der Waals surface area contributed by atoms with E-state index >= 15 is 0 Å². The van der Waals surface area contributed by atoms with E-state index in [2.05, 4.69) is 12.2 Å². The van der Waals surface area contributed by atoms with Crippen molar-refractivity contribution in [2.45, 2.75) is 52.7 Å². The van der Waals surface area contributed by atoms with E-state index in [0.717, 1.165) is 35.1 Å². The summed E-state index contributed by atoms with van der Waals surface area (Å²) in [7, 11) is 1.63. The van der Waals surface area contributed by atoms with Crippen molar-refractivity contribution in [2.24, 2.45) is 0 Å². The van der Waals surface area contributed by atoms with Crippen LogP contribution in [0.15, 0.2) is 53.7 Å². The van der Waals surface area contributed by atoms with Gasteiger partial charge in [0.1, 0.15) is 0 Å². The molecule has 0 radical (unpaired) electrons. The van der Waals surface area contributed by atoms with Gasteiger partial charge in [-0.1, -0.05) is 31.5 Å². The molecule has 0 unspecified atom stereocenters. The van der Waals surface area contributed by atoms with Crippen LogP contribution in [0.5, 0.6) is 11.5 Å². The van der Waals surface area contributed by atoms with E-state index in [9.17, 15) is 4.79 Å². The largest absolute Gasteiger partial charge is 0.493 e. The van der Waals surface area contributed by atoms with Gasteiger partial charge in [0.15, 0.2) is 11.5 Å². The molecule has 2 aromatic carbocycles. The molecule has 0 amide bonds. The number of hydrogen-bond acceptors (Lipinski definition) is 6. The van der Waals surface area contributed by atoms with Gasteiger partial charge in [0, 0.05) is 5.70 Å². The summed E-state index contributed by atoms with van der Waals surface area (Å²) in [6.45, 7) is 8.33. The Labute approximate surface area is 194 Å². The second-order valence-corrected chi connectivity index (χ2v) is 8.43. The highest BCUT2D eigenvalue weighted by atomic mass is 16.5. The molecule has 3 aromatic rings. The first kappa shape index (κ1) is 22.7. The maximum Gasteiger partial charge on any atom is 0.338 e. The Morgan fingerprint density at radius 2 is 1.97 bits per heavy atom. The fraction of sp³-hybridized carbons (Fsp3) is 0.385. The molecule has 1 atom stereocenters. The van der Waals surface area contributed by atoms with Crippen molar-refractivity contribution < 1.29 is 19.0 Å². The third-order valence-corrected chi connectivity index (χ3v) is 5.65. The zero-order chi connectivity index (χ0) is 23.5. The lowest BCUT2D eigenvalue weighted by Crippen LogP contribution is -2.30. The van der Waals surface area contributed by atoms with E-state index in [1.165, 1.54) is 0 Å². The maximum atomic E-state index is 13.3. The summed E-state index contributed by atoms with van der Waals surface area (Å²) < 4.78 is 19.3. The lowest BCUT2D eigenvalue weighted by Gasteiger charge is -2.31. The number of ether oxygens (including phenoxy) is 3. The van der Waals surface area contributed by atoms with Crippen LogP contribution in [-0.4, -0.2) is 35.3 Å². The van der Waals surface area contributed by atoms with Gasteiger partial charge in [0.2, 0.25) is 5.95 Å². The smallest absolute Gasteiger partial charge is 0.338 e. The molecule has 0 fully saturated rings. The number of benzene rings is 2. The number of rotatable bonds is 8. The molecule has 33 heavy (non-hydrogen) atoms. The number of hydrogen-bond donors (Lipinski definition) is 1. The van der Waals surface area contributed by atoms with Gasteiger partial charge < -0.3 is 19.5 Å². The Hall–Kier alpha value is -3.48. The number of aromatic nitrogens is 2. The molecule has 4 rings (SSSR count). The summed E-state index contributed by atoms with van der Waals surface area (Å²) in [5, 5.41) is 3.30. The number of para-hydroxylation sites is 2. The van der Waals surface area contributed by atoms with Crippen LogP contribution in [0.1, 0.15) is 52.1 Å². The van der Waals surface area contributed by atoms with Crippen molar-refractivity contribution in [3.63, 3.8) is 0 Å². The molecular weight excluding hydrogens is 418 g/mol. The minimum atomic E-state index is -0.432. The molecule has 0 saturated carbocycles. The lowest BCUT2D eigenvalue weighted by molar-refractivity contribution is -0.143. The summed E-state index contributed by atoms with van der Waals surface area (Å²) in [6, 6.07) is 13.3. The SMILES string of the molecule is CCCCOc1ccc([C@@H]2C(C(=O)OC(C)C)=C(C)Nc3nc4ccccc4n32)cc1OC. The normalized spacial score (nSPS) is 15.4. The molecule has 0 bridgehead atoms. The number of esters is 1. The minimum Gasteiger partial charge on any atom is -0.493 e. The molecule has 0 saturated heterocycles. The Balaban J connectivity index is 1.86. The van der Waals surface area contributed by atoms with Crippen molar-refractivity contribution in [3.8, 4) is 11.5 Å². The van der Waals surface area contributed by atoms with Gasteiger partial charge in [-0.2, -0.15) is 0 Å². The zero-order valence-corrected chi connectivity index (χ0v) is 19.8. The molecular formula is C26H31N3O4. The molecule has 174 valence electrons. The van der Waals surface area contributed by atoms with E-state index < -0.39 is 6.04 Å². The fourth-order valence-electron chi connectivity index (χ4n) is 4.12. The first-order valence-corrected chi connectivity index (χ1v) is 11.4. The Morgan fingerprint density at radius 1 is 1.18 bits per heavy atom. The van der Waals surface area contributed by atoms with Gasteiger partial charge in [-0.25, -0.2) is 9.78 Å². The number of carbonyl (C=O) groups excluding carboxylic acids is 1. The molecule has 1 N–H and O–H groups in total. The van der Waals surface area contributed by atoms with Gasteiger partial charge in [-0.15, -0.1) is 0 Å². The van der Waals surface area contributed by atoms with E-state index in [0.29, 0.717) is 29.6 Å². The summed E-state index contributed by atoms with van der Waals surface area (Å²) in [4.78, 5) is 18.0. The van der Waals surface area contributed by atoms with Crippen molar-refractivity contribution >= 4 is 23.0 Å². The fourth-order valence-corrected chi connectivity index (χ4v) is 4.12. The number of methoxy groups -OCH3 is 1. The third kappa shape index (κ3) is 4.40. The van der Waals surface area contributed by atoms with Crippen molar-refractivity contribution in [1.29, 1.82) is 0 Å². The van der Waals surface area contributed by atoms with Crippen LogP contribution >= 0.6 is 0 Å². The zero-order valence-electron chi connectivity index (χ0n) is 19.8. The topological polar surface area (TPSA) is 74.6 Å². The number of nitrogens with zero attached hydrogens (tertiary/aromatic N) is 2. The lowest BCUT2D eigenvalue weighted by atomic mass is 9.94. The minimum absolute atomic E-state index is 0.233.